The van der Waals surface area contributed by atoms with Gasteiger partial charge in [-0.05, 0) is 49.5 Å². The van der Waals surface area contributed by atoms with Crippen molar-refractivity contribution in [3.05, 3.63) is 53.0 Å². The van der Waals surface area contributed by atoms with Gasteiger partial charge in [0.05, 0.1) is 0 Å². The molecule has 0 aliphatic heterocycles. The fraction of sp³-hybridized carbons (Fsp3) is 0. The van der Waals surface area contributed by atoms with E-state index in [1.807, 2.05) is 6.07 Å². The van der Waals surface area contributed by atoms with Crippen molar-refractivity contribution in [1.29, 1.82) is 0 Å². The monoisotopic (exact) mass is 406 g/mol. The molecule has 0 nitrogen and oxygen atoms in total. The molecule has 5 aromatic carbocycles. The molecule has 0 N–H and O–H groups in total. The minimum Gasteiger partial charge on any atom is -0.112 e. The Bertz CT molecular complexity index is 1400. The molecular formula is C22H8B5Br. The zero-order chi connectivity index (χ0) is 19.7. The molecule has 10 radical (unpaired) electrons. The van der Waals surface area contributed by atoms with Crippen LogP contribution in [0.5, 0.6) is 0 Å². The molecule has 0 unspecified atom stereocenters. The summed E-state index contributed by atoms with van der Waals surface area (Å²) < 4.78 is 1.06. The third kappa shape index (κ3) is 2.31. The molecule has 0 saturated carbocycles. The van der Waals surface area contributed by atoms with Crippen molar-refractivity contribution in [2.45, 2.75) is 0 Å². The first-order valence-electron chi connectivity index (χ1n) is 8.78. The largest absolute Gasteiger partial charge is 0.113 e. The van der Waals surface area contributed by atoms with Gasteiger partial charge in [-0.3, -0.25) is 0 Å². The summed E-state index contributed by atoms with van der Waals surface area (Å²) >= 11 is 3.67. The van der Waals surface area contributed by atoms with Crippen LogP contribution in [0.2, 0.25) is 0 Å². The highest BCUT2D eigenvalue weighted by atomic mass is 79.9. The first kappa shape index (κ1) is 18.0. The molecular weight excluding hydrogens is 398 g/mol. The second-order valence-electron chi connectivity index (χ2n) is 7.03. The molecule has 0 spiro atoms. The highest BCUT2D eigenvalue weighted by Crippen LogP contribution is 2.40. The molecule has 0 heterocycles. The Morgan fingerprint density at radius 3 is 1.61 bits per heavy atom. The molecule has 5 rings (SSSR count). The minimum atomic E-state index is 0.223. The van der Waals surface area contributed by atoms with Crippen molar-refractivity contribution < 1.29 is 0 Å². The molecule has 0 atom stereocenters. The van der Waals surface area contributed by atoms with E-state index in [0.29, 0.717) is 16.5 Å². The predicted octanol–water partition coefficient (Wildman–Crippen LogP) is 0.983. The molecule has 0 amide bonds. The number of halogens is 1. The maximum atomic E-state index is 6.33. The number of benzene rings is 5. The van der Waals surface area contributed by atoms with Crippen LogP contribution >= 0.6 is 15.9 Å². The molecule has 6 heteroatoms. The van der Waals surface area contributed by atoms with Crippen LogP contribution in [0.3, 0.4) is 0 Å². The lowest BCUT2D eigenvalue weighted by Gasteiger charge is -2.23. The van der Waals surface area contributed by atoms with Crippen LogP contribution in [0.25, 0.3) is 43.4 Å². The zero-order valence-electron chi connectivity index (χ0n) is 14.9. The average molecular weight is 406 g/mol. The fourth-order valence-corrected chi connectivity index (χ4v) is 4.59. The highest BCUT2D eigenvalue weighted by Gasteiger charge is 2.17. The topological polar surface area (TPSA) is 0 Å². The van der Waals surface area contributed by atoms with E-state index in [2.05, 4.69) is 58.4 Å². The average Bonchev–Trinajstić information content (AvgIpc) is 2.71. The maximum absolute atomic E-state index is 6.33. The third-order valence-corrected chi connectivity index (χ3v) is 6.27. The van der Waals surface area contributed by atoms with Gasteiger partial charge in [0.1, 0.15) is 39.2 Å². The standard InChI is InChI=1S/C22H8B5Br/c23-18-17(19(24)21(26)22(27)20(18)25)12-6-2-9-3-7-13-14(28)8-4-10-1-5-11(12)15(9)16(10)13/h1-8H. The minimum absolute atomic E-state index is 0.223. The Hall–Kier alpha value is -2.06. The van der Waals surface area contributed by atoms with E-state index in [9.17, 15) is 0 Å². The Morgan fingerprint density at radius 2 is 0.964 bits per heavy atom. The van der Waals surface area contributed by atoms with Gasteiger partial charge < -0.3 is 0 Å². The Labute approximate surface area is 178 Å². The van der Waals surface area contributed by atoms with Crippen LogP contribution in [0.15, 0.2) is 53.0 Å². The van der Waals surface area contributed by atoms with Crippen LogP contribution < -0.4 is 27.3 Å². The van der Waals surface area contributed by atoms with E-state index in [0.717, 1.165) is 31.6 Å². The van der Waals surface area contributed by atoms with Gasteiger partial charge in [0.2, 0.25) is 0 Å². The summed E-state index contributed by atoms with van der Waals surface area (Å²) in [6.45, 7) is 0. The summed E-state index contributed by atoms with van der Waals surface area (Å²) in [5.41, 5.74) is 2.95. The van der Waals surface area contributed by atoms with Crippen molar-refractivity contribution in [2.75, 3.05) is 0 Å². The van der Waals surface area contributed by atoms with E-state index < -0.39 is 0 Å². The van der Waals surface area contributed by atoms with Gasteiger partial charge in [-0.25, -0.2) is 0 Å². The van der Waals surface area contributed by atoms with Crippen molar-refractivity contribution in [1.82, 2.24) is 0 Å². The van der Waals surface area contributed by atoms with E-state index in [-0.39, 0.29) is 16.4 Å². The van der Waals surface area contributed by atoms with Gasteiger partial charge in [0.25, 0.3) is 0 Å². The Balaban J connectivity index is 2.00. The number of hydrogen-bond donors (Lipinski definition) is 0. The number of hydrogen-bond acceptors (Lipinski definition) is 0. The molecule has 0 fully saturated rings. The summed E-state index contributed by atoms with van der Waals surface area (Å²) in [7, 11) is 30.8. The second kappa shape index (κ2) is 6.22. The van der Waals surface area contributed by atoms with Crippen LogP contribution in [0, 0.1) is 0 Å². The van der Waals surface area contributed by atoms with Crippen molar-refractivity contribution in [3.8, 4) is 11.1 Å². The molecule has 28 heavy (non-hydrogen) atoms. The predicted molar refractivity (Wildman–Crippen MR) is 130 cm³/mol. The summed E-state index contributed by atoms with van der Waals surface area (Å²) in [6, 6.07) is 16.7. The second-order valence-corrected chi connectivity index (χ2v) is 7.88. The van der Waals surface area contributed by atoms with E-state index in [4.69, 9.17) is 39.2 Å². The fourth-order valence-electron chi connectivity index (χ4n) is 4.12. The van der Waals surface area contributed by atoms with Gasteiger partial charge in [0.15, 0.2) is 0 Å². The highest BCUT2D eigenvalue weighted by molar-refractivity contribution is 9.10. The number of rotatable bonds is 1. The summed E-state index contributed by atoms with van der Waals surface area (Å²) in [4.78, 5) is 0. The molecule has 0 aromatic heterocycles. The summed E-state index contributed by atoms with van der Waals surface area (Å²) in [5.74, 6) is 0. The molecule has 0 aliphatic carbocycles. The SMILES string of the molecule is [B]c1c([B])c([B])c(-c2ccc3ccc4c(Br)ccc5ccc2c3c54)c([B])c1[B]. The lowest BCUT2D eigenvalue weighted by atomic mass is 9.59. The van der Waals surface area contributed by atoms with Crippen LogP contribution in [0.4, 0.5) is 0 Å². The smallest absolute Gasteiger partial charge is 0.112 e. The molecule has 0 aliphatic rings. The quantitative estimate of drug-likeness (QED) is 0.288. The Kier molecular flexibility index (Phi) is 4.00. The molecule has 0 bridgehead atoms. The van der Waals surface area contributed by atoms with Gasteiger partial charge in [0, 0.05) is 4.47 Å². The van der Waals surface area contributed by atoms with Gasteiger partial charge in [-0.2, -0.15) is 0 Å². The lowest BCUT2D eigenvalue weighted by Crippen LogP contribution is -2.55. The molecule has 5 aromatic rings. The van der Waals surface area contributed by atoms with Gasteiger partial charge in [-0.15, -0.1) is 16.4 Å². The van der Waals surface area contributed by atoms with Crippen molar-refractivity contribution in [2.24, 2.45) is 0 Å². The van der Waals surface area contributed by atoms with E-state index >= 15 is 0 Å². The maximum Gasteiger partial charge on any atom is 0.113 e. The summed E-state index contributed by atoms with van der Waals surface area (Å²) in [6.07, 6.45) is 0. The van der Waals surface area contributed by atoms with Crippen LogP contribution in [-0.2, 0) is 0 Å². The Morgan fingerprint density at radius 1 is 0.500 bits per heavy atom. The van der Waals surface area contributed by atoms with Gasteiger partial charge in [-0.1, -0.05) is 69.3 Å². The van der Waals surface area contributed by atoms with E-state index in [1.165, 1.54) is 10.8 Å². The van der Waals surface area contributed by atoms with Gasteiger partial charge >= 0.3 is 0 Å². The zero-order valence-corrected chi connectivity index (χ0v) is 16.5. The lowest BCUT2D eigenvalue weighted by molar-refractivity contribution is 1.74. The van der Waals surface area contributed by atoms with Crippen molar-refractivity contribution >= 4 is 115 Å². The molecule has 0 saturated heterocycles. The third-order valence-electron chi connectivity index (χ3n) is 5.58. The van der Waals surface area contributed by atoms with Crippen molar-refractivity contribution in [3.63, 3.8) is 0 Å². The first-order valence-corrected chi connectivity index (χ1v) is 9.57. The van der Waals surface area contributed by atoms with Crippen LogP contribution in [-0.4, -0.2) is 39.2 Å². The first-order chi connectivity index (χ1) is 13.4. The summed E-state index contributed by atoms with van der Waals surface area (Å²) in [5, 5.41) is 6.86. The van der Waals surface area contributed by atoms with Crippen LogP contribution in [0.1, 0.15) is 0 Å². The van der Waals surface area contributed by atoms with E-state index in [1.54, 1.807) is 0 Å². The molecule has 118 valence electrons. The normalized spacial score (nSPS) is 11.8.